The summed E-state index contributed by atoms with van der Waals surface area (Å²) in [4.78, 5) is 14.3. The van der Waals surface area contributed by atoms with E-state index in [4.69, 9.17) is 10.5 Å². The second-order valence-electron chi connectivity index (χ2n) is 4.04. The van der Waals surface area contributed by atoms with Gasteiger partial charge in [-0.2, -0.15) is 0 Å². The van der Waals surface area contributed by atoms with Crippen molar-refractivity contribution in [1.82, 2.24) is 4.98 Å². The smallest absolute Gasteiger partial charge is 0.279 e. The molecule has 1 heterocycles. The molecule has 1 aliphatic carbocycles. The lowest BCUT2D eigenvalue weighted by molar-refractivity contribution is -0.385. The molecule has 0 spiro atoms. The van der Waals surface area contributed by atoms with Crippen LogP contribution in [0.5, 0.6) is 5.88 Å². The molecule has 6 heteroatoms. The van der Waals surface area contributed by atoms with E-state index in [2.05, 4.69) is 4.98 Å². The fraction of sp³-hybridized carbons (Fsp3) is 0.500. The van der Waals surface area contributed by atoms with Crippen LogP contribution in [0.25, 0.3) is 0 Å². The van der Waals surface area contributed by atoms with E-state index in [1.165, 1.54) is 12.3 Å². The number of ether oxygens (including phenoxy) is 1. The topological polar surface area (TPSA) is 91.3 Å². The summed E-state index contributed by atoms with van der Waals surface area (Å²) in [7, 11) is 0. The molecule has 1 aliphatic rings. The van der Waals surface area contributed by atoms with Gasteiger partial charge in [0.15, 0.2) is 0 Å². The van der Waals surface area contributed by atoms with Crippen LogP contribution in [-0.4, -0.2) is 22.1 Å². The highest BCUT2D eigenvalue weighted by Gasteiger charge is 2.28. The van der Waals surface area contributed by atoms with Crippen LogP contribution < -0.4 is 10.5 Å². The number of pyridine rings is 1. The number of aryl methyl sites for hydroxylation is 1. The fourth-order valence-electron chi connectivity index (χ4n) is 1.63. The van der Waals surface area contributed by atoms with Crippen molar-refractivity contribution < 1.29 is 9.66 Å². The maximum absolute atomic E-state index is 10.7. The zero-order valence-electron chi connectivity index (χ0n) is 8.92. The highest BCUT2D eigenvalue weighted by atomic mass is 16.6. The molecule has 0 amide bonds. The lowest BCUT2D eigenvalue weighted by Crippen LogP contribution is -2.43. The SMILES string of the molecule is Cc1cnc(OC2CC(N)C2)cc1[N+](=O)[O-]. The third-order valence-corrected chi connectivity index (χ3v) is 2.67. The molecule has 0 unspecified atom stereocenters. The average molecular weight is 223 g/mol. The van der Waals surface area contributed by atoms with E-state index >= 15 is 0 Å². The van der Waals surface area contributed by atoms with Crippen LogP contribution in [0.4, 0.5) is 5.69 Å². The van der Waals surface area contributed by atoms with E-state index < -0.39 is 4.92 Å². The molecule has 16 heavy (non-hydrogen) atoms. The van der Waals surface area contributed by atoms with E-state index in [1.54, 1.807) is 6.92 Å². The predicted molar refractivity (Wildman–Crippen MR) is 57.3 cm³/mol. The van der Waals surface area contributed by atoms with E-state index in [9.17, 15) is 10.1 Å². The van der Waals surface area contributed by atoms with Gasteiger partial charge in [-0.25, -0.2) is 4.98 Å². The Kier molecular flexibility index (Phi) is 2.74. The number of rotatable bonds is 3. The number of hydrogen-bond donors (Lipinski definition) is 1. The molecule has 0 bridgehead atoms. The summed E-state index contributed by atoms with van der Waals surface area (Å²) >= 11 is 0. The van der Waals surface area contributed by atoms with Crippen molar-refractivity contribution in [1.29, 1.82) is 0 Å². The number of nitrogens with zero attached hydrogens (tertiary/aromatic N) is 2. The van der Waals surface area contributed by atoms with Crippen LogP contribution in [0.3, 0.4) is 0 Å². The number of aromatic nitrogens is 1. The first kappa shape index (κ1) is 10.8. The first-order chi connectivity index (χ1) is 7.56. The van der Waals surface area contributed by atoms with Crippen molar-refractivity contribution in [3.8, 4) is 5.88 Å². The molecular formula is C10H13N3O3. The molecule has 1 aromatic rings. The third-order valence-electron chi connectivity index (χ3n) is 2.67. The van der Waals surface area contributed by atoms with Gasteiger partial charge >= 0.3 is 0 Å². The Bertz CT molecular complexity index is 416. The summed E-state index contributed by atoms with van der Waals surface area (Å²) in [5, 5.41) is 10.7. The van der Waals surface area contributed by atoms with Gasteiger partial charge < -0.3 is 10.5 Å². The van der Waals surface area contributed by atoms with Gasteiger partial charge in [0.25, 0.3) is 5.69 Å². The van der Waals surface area contributed by atoms with Gasteiger partial charge in [0.2, 0.25) is 5.88 Å². The highest BCUT2D eigenvalue weighted by molar-refractivity contribution is 5.40. The fourth-order valence-corrected chi connectivity index (χ4v) is 1.63. The Balaban J connectivity index is 2.10. The van der Waals surface area contributed by atoms with Crippen LogP contribution >= 0.6 is 0 Å². The maximum atomic E-state index is 10.7. The third kappa shape index (κ3) is 2.11. The summed E-state index contributed by atoms with van der Waals surface area (Å²) in [6.45, 7) is 1.65. The summed E-state index contributed by atoms with van der Waals surface area (Å²) in [6.07, 6.45) is 3.06. The molecule has 2 N–H and O–H groups in total. The summed E-state index contributed by atoms with van der Waals surface area (Å²) < 4.78 is 5.47. The molecule has 2 rings (SSSR count). The average Bonchev–Trinajstić information content (AvgIpc) is 2.18. The number of nitrogens with two attached hydrogens (primary N) is 1. The Labute approximate surface area is 92.6 Å². The van der Waals surface area contributed by atoms with Crippen LogP contribution in [0, 0.1) is 17.0 Å². The maximum Gasteiger partial charge on any atom is 0.279 e. The quantitative estimate of drug-likeness (QED) is 0.613. The van der Waals surface area contributed by atoms with Gasteiger partial charge in [0.1, 0.15) is 6.10 Å². The van der Waals surface area contributed by atoms with E-state index in [1.807, 2.05) is 0 Å². The van der Waals surface area contributed by atoms with E-state index in [0.29, 0.717) is 11.4 Å². The van der Waals surface area contributed by atoms with E-state index in [-0.39, 0.29) is 17.8 Å². The van der Waals surface area contributed by atoms with Crippen molar-refractivity contribution in [2.45, 2.75) is 31.9 Å². The Morgan fingerprint density at radius 3 is 2.88 bits per heavy atom. The van der Waals surface area contributed by atoms with Gasteiger partial charge in [-0.1, -0.05) is 0 Å². The zero-order chi connectivity index (χ0) is 11.7. The predicted octanol–water partition coefficient (Wildman–Crippen LogP) is 1.17. The van der Waals surface area contributed by atoms with E-state index in [0.717, 1.165) is 12.8 Å². The summed E-state index contributed by atoms with van der Waals surface area (Å²) in [5.74, 6) is 0.300. The number of hydrogen-bond acceptors (Lipinski definition) is 5. The minimum absolute atomic E-state index is 0.0358. The Morgan fingerprint density at radius 1 is 1.62 bits per heavy atom. The first-order valence-electron chi connectivity index (χ1n) is 5.09. The van der Waals surface area contributed by atoms with Crippen molar-refractivity contribution in [3.63, 3.8) is 0 Å². The van der Waals surface area contributed by atoms with Crippen LogP contribution in [0.1, 0.15) is 18.4 Å². The zero-order valence-corrected chi connectivity index (χ0v) is 8.92. The summed E-state index contributed by atoms with van der Waals surface area (Å²) in [5.41, 5.74) is 6.18. The minimum Gasteiger partial charge on any atom is -0.474 e. The molecule has 1 saturated carbocycles. The summed E-state index contributed by atoms with van der Waals surface area (Å²) in [6, 6.07) is 1.55. The van der Waals surface area contributed by atoms with Gasteiger partial charge in [0, 0.05) is 17.8 Å². The van der Waals surface area contributed by atoms with Crippen molar-refractivity contribution in [2.24, 2.45) is 5.73 Å². The van der Waals surface area contributed by atoms with Crippen LogP contribution in [0.15, 0.2) is 12.3 Å². The molecule has 0 saturated heterocycles. The Morgan fingerprint density at radius 2 is 2.31 bits per heavy atom. The second kappa shape index (κ2) is 4.05. The molecule has 6 nitrogen and oxygen atoms in total. The van der Waals surface area contributed by atoms with Crippen LogP contribution in [0.2, 0.25) is 0 Å². The molecule has 1 fully saturated rings. The minimum atomic E-state index is -0.434. The van der Waals surface area contributed by atoms with Gasteiger partial charge in [-0.3, -0.25) is 10.1 Å². The normalized spacial score (nSPS) is 23.6. The Hall–Kier alpha value is -1.69. The highest BCUT2D eigenvalue weighted by Crippen LogP contribution is 2.26. The standard InChI is InChI=1S/C10H13N3O3/c1-6-5-12-10(4-9(6)13(14)15)16-8-2-7(11)3-8/h4-5,7-8H,2-3,11H2,1H3. The first-order valence-corrected chi connectivity index (χ1v) is 5.09. The molecule has 0 aromatic carbocycles. The molecule has 0 atom stereocenters. The van der Waals surface area contributed by atoms with Crippen molar-refractivity contribution >= 4 is 5.69 Å². The molecule has 0 aliphatic heterocycles. The lowest BCUT2D eigenvalue weighted by Gasteiger charge is -2.31. The molecule has 1 aromatic heterocycles. The van der Waals surface area contributed by atoms with Gasteiger partial charge in [0.05, 0.1) is 11.0 Å². The largest absolute Gasteiger partial charge is 0.474 e. The van der Waals surface area contributed by atoms with Gasteiger partial charge in [-0.05, 0) is 19.8 Å². The van der Waals surface area contributed by atoms with Crippen molar-refractivity contribution in [2.75, 3.05) is 0 Å². The molecular weight excluding hydrogens is 210 g/mol. The lowest BCUT2D eigenvalue weighted by atomic mass is 9.90. The monoisotopic (exact) mass is 223 g/mol. The second-order valence-corrected chi connectivity index (χ2v) is 4.04. The molecule has 0 radical (unpaired) electrons. The van der Waals surface area contributed by atoms with Crippen LogP contribution in [-0.2, 0) is 0 Å². The van der Waals surface area contributed by atoms with Crippen molar-refractivity contribution in [3.05, 3.63) is 27.9 Å². The molecule has 86 valence electrons. The number of nitro groups is 1. The van der Waals surface area contributed by atoms with Gasteiger partial charge in [-0.15, -0.1) is 0 Å².